The fourth-order valence-electron chi connectivity index (χ4n) is 5.13. The van der Waals surface area contributed by atoms with Crippen molar-refractivity contribution in [1.29, 1.82) is 0 Å². The van der Waals surface area contributed by atoms with Gasteiger partial charge in [-0.3, -0.25) is 40.9 Å². The van der Waals surface area contributed by atoms with Gasteiger partial charge in [-0.15, -0.1) is 0 Å². The van der Waals surface area contributed by atoms with Crippen molar-refractivity contribution in [3.05, 3.63) is 148 Å². The molecule has 0 aliphatic heterocycles. The molecule has 1 heterocycles. The highest BCUT2D eigenvalue weighted by Crippen LogP contribution is 2.31. The first kappa shape index (κ1) is 41.0. The van der Waals surface area contributed by atoms with Gasteiger partial charge in [-0.05, 0) is 151 Å². The summed E-state index contributed by atoms with van der Waals surface area (Å²) in [5, 5.41) is 0. The molecular weight excluding hydrogens is 915 g/mol. The molecule has 0 unspecified atom stereocenters. The highest BCUT2D eigenvalue weighted by molar-refractivity contribution is 14.1. The third-order valence-electron chi connectivity index (χ3n) is 7.87. The monoisotopic (exact) mass is 950 g/mol. The summed E-state index contributed by atoms with van der Waals surface area (Å²) in [6.07, 6.45) is -1.76. The third-order valence-corrected chi connectivity index (χ3v) is 10.2. The van der Waals surface area contributed by atoms with E-state index >= 15 is 0 Å². The Bertz CT molecular complexity index is 2200. The van der Waals surface area contributed by atoms with E-state index in [1.807, 2.05) is 52.8 Å². The Morgan fingerprint density at radius 3 is 1.51 bits per heavy atom. The first-order valence-corrected chi connectivity index (χ1v) is 18.0. The van der Waals surface area contributed by atoms with Crippen molar-refractivity contribution in [3.8, 4) is 5.69 Å². The summed E-state index contributed by atoms with van der Waals surface area (Å²) in [5.41, 5.74) is 15.2. The summed E-state index contributed by atoms with van der Waals surface area (Å²) in [5.74, 6) is -2.11. The molecule has 4 amide bonds. The number of rotatable bonds is 5. The molecule has 0 atom stereocenters. The number of benzene rings is 4. The Morgan fingerprint density at radius 2 is 1.08 bits per heavy atom. The lowest BCUT2D eigenvalue weighted by Gasteiger charge is -2.13. The van der Waals surface area contributed by atoms with Crippen LogP contribution < -0.4 is 21.7 Å². The molecule has 1 aromatic heterocycles. The van der Waals surface area contributed by atoms with Crippen LogP contribution in [0.5, 0.6) is 0 Å². The van der Waals surface area contributed by atoms with E-state index in [0.29, 0.717) is 22.4 Å². The van der Waals surface area contributed by atoms with Gasteiger partial charge >= 0.3 is 6.18 Å². The number of amides is 4. The lowest BCUT2D eigenvalue weighted by Crippen LogP contribution is -2.42. The van der Waals surface area contributed by atoms with Gasteiger partial charge in [-0.2, -0.15) is 13.2 Å². The Labute approximate surface area is 331 Å². The molecule has 10 nitrogen and oxygen atoms in total. The SMILES string of the molecule is Cc1cc(C)c(C(=O)NNC(=O)c2ccc(C)c(I)c2)c(C)c1.Cc1cn(-c2cc(C(=O)NNC(=O)c3ccc(C)c(I)c3)cc(C(F)(F)F)c2)cn1. The minimum absolute atomic E-state index is 0.120. The summed E-state index contributed by atoms with van der Waals surface area (Å²) < 4.78 is 43.2. The van der Waals surface area contributed by atoms with Crippen LogP contribution >= 0.6 is 45.2 Å². The number of aryl methyl sites for hydroxylation is 6. The summed E-state index contributed by atoms with van der Waals surface area (Å²) in [7, 11) is 0. The zero-order valence-corrected chi connectivity index (χ0v) is 33.7. The Hall–Kier alpha value is -4.78. The van der Waals surface area contributed by atoms with Crippen LogP contribution in [0.3, 0.4) is 0 Å². The van der Waals surface area contributed by atoms with Crippen LogP contribution in [0.4, 0.5) is 13.2 Å². The molecule has 4 aromatic carbocycles. The number of hydrazine groups is 2. The van der Waals surface area contributed by atoms with Crippen molar-refractivity contribution in [1.82, 2.24) is 31.3 Å². The maximum Gasteiger partial charge on any atom is 0.416 e. The second kappa shape index (κ2) is 17.4. The number of imidazole rings is 1. The molecule has 5 rings (SSSR count). The van der Waals surface area contributed by atoms with Gasteiger partial charge in [-0.25, -0.2) is 4.98 Å². The van der Waals surface area contributed by atoms with Crippen molar-refractivity contribution >= 4 is 68.8 Å². The van der Waals surface area contributed by atoms with Crippen molar-refractivity contribution in [3.63, 3.8) is 0 Å². The summed E-state index contributed by atoms with van der Waals surface area (Å²) in [4.78, 5) is 53.1. The van der Waals surface area contributed by atoms with E-state index in [1.54, 1.807) is 37.3 Å². The molecule has 0 aliphatic carbocycles. The van der Waals surface area contributed by atoms with Crippen LogP contribution in [0.1, 0.15) is 80.5 Å². The van der Waals surface area contributed by atoms with Crippen LogP contribution in [0.25, 0.3) is 5.69 Å². The van der Waals surface area contributed by atoms with Gasteiger partial charge in [-0.1, -0.05) is 29.8 Å². The Morgan fingerprint density at radius 1 is 0.604 bits per heavy atom. The minimum Gasteiger partial charge on any atom is -0.306 e. The van der Waals surface area contributed by atoms with Crippen LogP contribution in [0, 0.1) is 48.7 Å². The van der Waals surface area contributed by atoms with Crippen molar-refractivity contribution in [2.45, 2.75) is 47.7 Å². The first-order valence-electron chi connectivity index (χ1n) is 15.9. The predicted molar refractivity (Wildman–Crippen MR) is 212 cm³/mol. The number of hydrogen-bond donors (Lipinski definition) is 4. The van der Waals surface area contributed by atoms with Crippen LogP contribution in [0.15, 0.2) is 79.3 Å². The van der Waals surface area contributed by atoms with Gasteiger partial charge in [0.05, 0.1) is 17.6 Å². The van der Waals surface area contributed by atoms with Gasteiger partial charge in [0.25, 0.3) is 23.6 Å². The normalized spacial score (nSPS) is 10.8. The second-order valence-electron chi connectivity index (χ2n) is 12.2. The van der Waals surface area contributed by atoms with Gasteiger partial charge in [0.1, 0.15) is 0 Å². The van der Waals surface area contributed by atoms with Crippen molar-refractivity contribution in [2.75, 3.05) is 0 Å². The number of halogens is 5. The molecule has 0 fully saturated rings. The van der Waals surface area contributed by atoms with E-state index in [-0.39, 0.29) is 23.1 Å². The van der Waals surface area contributed by atoms with E-state index in [4.69, 9.17) is 0 Å². The summed E-state index contributed by atoms with van der Waals surface area (Å²) in [6.45, 7) is 11.3. The number of alkyl halides is 3. The van der Waals surface area contributed by atoms with Crippen LogP contribution in [-0.4, -0.2) is 33.2 Å². The maximum absolute atomic E-state index is 13.3. The van der Waals surface area contributed by atoms with Crippen LogP contribution in [0.2, 0.25) is 0 Å². The molecule has 0 aliphatic rings. The van der Waals surface area contributed by atoms with Gasteiger partial charge in [0, 0.05) is 41.3 Å². The lowest BCUT2D eigenvalue weighted by molar-refractivity contribution is -0.137. The fraction of sp³-hybridized carbons (Fsp3) is 0.184. The summed E-state index contributed by atoms with van der Waals surface area (Å²) in [6, 6.07) is 17.2. The molecule has 53 heavy (non-hydrogen) atoms. The molecule has 15 heteroatoms. The van der Waals surface area contributed by atoms with Crippen molar-refractivity contribution in [2.24, 2.45) is 0 Å². The molecule has 5 aromatic rings. The second-order valence-corrected chi connectivity index (χ2v) is 14.5. The number of nitrogens with zero attached hydrogens (tertiary/aromatic N) is 2. The topological polar surface area (TPSA) is 134 Å². The lowest BCUT2D eigenvalue weighted by atomic mass is 9.99. The number of carbonyl (C=O) groups is 4. The third kappa shape index (κ3) is 10.9. The maximum atomic E-state index is 13.3. The Kier molecular flexibility index (Phi) is 13.4. The van der Waals surface area contributed by atoms with Gasteiger partial charge in [0.15, 0.2) is 0 Å². The number of hydrogen-bond acceptors (Lipinski definition) is 5. The molecule has 4 N–H and O–H groups in total. The summed E-state index contributed by atoms with van der Waals surface area (Å²) >= 11 is 4.25. The molecule has 0 saturated carbocycles. The number of aromatic nitrogens is 2. The average Bonchev–Trinajstić information content (AvgIpc) is 3.53. The fourth-order valence-corrected chi connectivity index (χ4v) is 6.16. The molecule has 0 saturated heterocycles. The predicted octanol–water partition coefficient (Wildman–Crippen LogP) is 7.79. The zero-order valence-electron chi connectivity index (χ0n) is 29.4. The standard InChI is InChI=1S/C20H16F3IN4O2.C18H19IN2O2/c1-11-3-4-13(7-17(11)24)18(29)26-27-19(30)14-5-15(20(21,22)23)8-16(6-14)28-9-12(2)25-10-28;1-10-7-12(3)16(13(4)8-10)18(23)21-20-17(22)14-6-5-11(2)15(19)9-14/h3-10H,1-2H3,(H,26,29)(H,27,30);5-9H,1-4H3,(H,20,22)(H,21,23). The molecule has 0 radical (unpaired) electrons. The van der Waals surface area contributed by atoms with E-state index in [2.05, 4.69) is 71.9 Å². The first-order chi connectivity index (χ1) is 24.8. The minimum atomic E-state index is -4.65. The average molecular weight is 951 g/mol. The van der Waals surface area contributed by atoms with Crippen molar-refractivity contribution < 1.29 is 32.3 Å². The molecule has 0 bridgehead atoms. The smallest absolute Gasteiger partial charge is 0.306 e. The molecule has 0 spiro atoms. The van der Waals surface area contributed by atoms with E-state index < -0.39 is 23.6 Å². The highest BCUT2D eigenvalue weighted by atomic mass is 127. The molecule has 276 valence electrons. The van der Waals surface area contributed by atoms with E-state index in [1.165, 1.54) is 23.2 Å². The van der Waals surface area contributed by atoms with Crippen LogP contribution in [-0.2, 0) is 6.18 Å². The largest absolute Gasteiger partial charge is 0.416 e. The number of carbonyl (C=O) groups excluding carboxylic acids is 4. The highest BCUT2D eigenvalue weighted by Gasteiger charge is 2.32. The quantitative estimate of drug-likeness (QED) is 0.106. The zero-order chi connectivity index (χ0) is 39.2. The van der Waals surface area contributed by atoms with E-state index in [9.17, 15) is 32.3 Å². The van der Waals surface area contributed by atoms with E-state index in [0.717, 1.165) is 47.1 Å². The molecular formula is C38H35F3I2N6O4. The Balaban J connectivity index is 0.000000245. The van der Waals surface area contributed by atoms with Gasteiger partial charge < -0.3 is 4.57 Å². The van der Waals surface area contributed by atoms with Gasteiger partial charge in [0.2, 0.25) is 0 Å². The number of nitrogens with one attached hydrogen (secondary N) is 4.